The maximum absolute atomic E-state index is 4.82. The first kappa shape index (κ1) is 20.8. The second kappa shape index (κ2) is 10.5. The van der Waals surface area contributed by atoms with Gasteiger partial charge in [-0.15, -0.1) is 6.42 Å². The van der Waals surface area contributed by atoms with Crippen LogP contribution < -0.4 is 6.15 Å². The van der Waals surface area contributed by atoms with Gasteiger partial charge in [-0.3, -0.25) is 4.98 Å². The standard InChI is InChI=1S/C13H15N.C9H4.H3N/c1-13(2,3)12-9-8-10-6-4-5-7-11(10)14-12;1-3-5-7-9-8-6-4-2;/h4-9H,1-3H3;1H,2H3;1H3. The van der Waals surface area contributed by atoms with E-state index in [1.165, 1.54) is 5.39 Å². The van der Waals surface area contributed by atoms with E-state index >= 15 is 0 Å². The number of nitrogens with zero attached hydrogens (tertiary/aromatic N) is 1. The Labute approximate surface area is 145 Å². The van der Waals surface area contributed by atoms with E-state index in [1.54, 1.807) is 6.92 Å². The van der Waals surface area contributed by atoms with Gasteiger partial charge in [0.15, 0.2) is 0 Å². The highest BCUT2D eigenvalue weighted by Crippen LogP contribution is 2.22. The van der Waals surface area contributed by atoms with Crippen molar-refractivity contribution in [2.24, 2.45) is 0 Å². The van der Waals surface area contributed by atoms with E-state index in [9.17, 15) is 0 Å². The molecule has 2 nitrogen and oxygen atoms in total. The number of hydrogen-bond donors (Lipinski definition) is 1. The number of pyridine rings is 1. The number of para-hydroxylation sites is 1. The van der Waals surface area contributed by atoms with Crippen LogP contribution in [0.4, 0.5) is 0 Å². The molecule has 0 aliphatic rings. The van der Waals surface area contributed by atoms with Gasteiger partial charge in [-0.2, -0.15) is 0 Å². The van der Waals surface area contributed by atoms with E-state index in [0.29, 0.717) is 0 Å². The SMILES string of the molecule is C#CC#CC#CC#CC.CC(C)(C)c1ccc2ccccc2n1.N. The van der Waals surface area contributed by atoms with E-state index in [-0.39, 0.29) is 11.6 Å². The van der Waals surface area contributed by atoms with E-state index in [2.05, 4.69) is 91.5 Å². The van der Waals surface area contributed by atoms with Gasteiger partial charge in [0.1, 0.15) is 0 Å². The van der Waals surface area contributed by atoms with Gasteiger partial charge in [0.05, 0.1) is 5.52 Å². The predicted molar refractivity (Wildman–Crippen MR) is 103 cm³/mol. The lowest BCUT2D eigenvalue weighted by molar-refractivity contribution is 0.571. The summed E-state index contributed by atoms with van der Waals surface area (Å²) in [5.74, 6) is 17.0. The van der Waals surface area contributed by atoms with Gasteiger partial charge >= 0.3 is 0 Å². The monoisotopic (exact) mass is 314 g/mol. The molecule has 0 aliphatic carbocycles. The minimum Gasteiger partial charge on any atom is -0.344 e. The molecule has 0 amide bonds. The highest BCUT2D eigenvalue weighted by molar-refractivity contribution is 5.78. The molecule has 120 valence electrons. The van der Waals surface area contributed by atoms with Crippen molar-refractivity contribution in [3.8, 4) is 47.9 Å². The van der Waals surface area contributed by atoms with Gasteiger partial charge in [-0.25, -0.2) is 0 Å². The van der Waals surface area contributed by atoms with Gasteiger partial charge in [-0.05, 0) is 54.6 Å². The largest absolute Gasteiger partial charge is 0.344 e. The van der Waals surface area contributed by atoms with E-state index in [0.717, 1.165) is 11.2 Å². The second-order valence-electron chi connectivity index (χ2n) is 5.66. The molecule has 0 atom stereocenters. The van der Waals surface area contributed by atoms with Crippen molar-refractivity contribution in [1.82, 2.24) is 11.1 Å². The summed E-state index contributed by atoms with van der Waals surface area (Å²) in [6.07, 6.45) is 4.82. The summed E-state index contributed by atoms with van der Waals surface area (Å²) < 4.78 is 0. The van der Waals surface area contributed by atoms with Gasteiger partial charge in [-0.1, -0.05) is 51.0 Å². The molecule has 2 aromatic rings. The zero-order valence-electron chi connectivity index (χ0n) is 14.7. The molecule has 3 N–H and O–H groups in total. The Morgan fingerprint density at radius 1 is 0.875 bits per heavy atom. The molecule has 0 aliphatic heterocycles. The second-order valence-corrected chi connectivity index (χ2v) is 5.66. The molecule has 0 saturated carbocycles. The smallest absolute Gasteiger partial charge is 0.0705 e. The molecule has 24 heavy (non-hydrogen) atoms. The quantitative estimate of drug-likeness (QED) is 0.735. The van der Waals surface area contributed by atoms with Crippen LogP contribution >= 0.6 is 0 Å². The van der Waals surface area contributed by atoms with Crippen LogP contribution in [-0.2, 0) is 5.41 Å². The Balaban J connectivity index is 0.000000468. The zero-order chi connectivity index (χ0) is 17.1. The Morgan fingerprint density at radius 2 is 1.50 bits per heavy atom. The number of fused-ring (bicyclic) bond motifs is 1. The van der Waals surface area contributed by atoms with Crippen LogP contribution in [0, 0.1) is 47.9 Å². The van der Waals surface area contributed by atoms with Crippen molar-refractivity contribution in [3.63, 3.8) is 0 Å². The number of aromatic nitrogens is 1. The maximum Gasteiger partial charge on any atom is 0.0705 e. The Morgan fingerprint density at radius 3 is 2.12 bits per heavy atom. The van der Waals surface area contributed by atoms with Gasteiger partial charge in [0, 0.05) is 16.5 Å². The highest BCUT2D eigenvalue weighted by Gasteiger charge is 2.14. The van der Waals surface area contributed by atoms with Crippen molar-refractivity contribution in [2.45, 2.75) is 33.1 Å². The number of terminal acetylenes is 1. The van der Waals surface area contributed by atoms with E-state index in [4.69, 9.17) is 6.42 Å². The fraction of sp³-hybridized carbons (Fsp3) is 0.227. The summed E-state index contributed by atoms with van der Waals surface area (Å²) in [6, 6.07) is 12.5. The fourth-order valence-electron chi connectivity index (χ4n) is 1.68. The molecule has 0 spiro atoms. The lowest BCUT2D eigenvalue weighted by Crippen LogP contribution is -2.13. The first-order valence-electron chi connectivity index (χ1n) is 7.22. The van der Waals surface area contributed by atoms with E-state index in [1.807, 2.05) is 12.1 Å². The summed E-state index contributed by atoms with van der Waals surface area (Å²) in [5.41, 5.74) is 2.36. The molecule has 1 aromatic carbocycles. The maximum atomic E-state index is 4.82. The molecular weight excluding hydrogens is 292 g/mol. The number of rotatable bonds is 0. The molecule has 1 heterocycles. The van der Waals surface area contributed by atoms with Gasteiger partial charge in [0.25, 0.3) is 0 Å². The fourth-order valence-corrected chi connectivity index (χ4v) is 1.68. The third-order valence-electron chi connectivity index (χ3n) is 2.81. The molecule has 0 unspecified atom stereocenters. The van der Waals surface area contributed by atoms with Crippen LogP contribution in [0.5, 0.6) is 0 Å². The average Bonchev–Trinajstić information content (AvgIpc) is 2.54. The first-order chi connectivity index (χ1) is 11.0. The molecule has 2 rings (SSSR count). The molecule has 0 radical (unpaired) electrons. The van der Waals surface area contributed by atoms with Crippen LogP contribution in [0.25, 0.3) is 10.9 Å². The molecule has 2 heteroatoms. The topological polar surface area (TPSA) is 47.9 Å². The van der Waals surface area contributed by atoms with Gasteiger partial charge < -0.3 is 6.15 Å². The predicted octanol–water partition coefficient (Wildman–Crippen LogP) is 4.34. The third-order valence-corrected chi connectivity index (χ3v) is 2.81. The summed E-state index contributed by atoms with van der Waals surface area (Å²) in [6.45, 7) is 8.27. The van der Waals surface area contributed by atoms with Crippen molar-refractivity contribution in [2.75, 3.05) is 0 Å². The first-order valence-corrected chi connectivity index (χ1v) is 7.22. The van der Waals surface area contributed by atoms with Crippen molar-refractivity contribution in [3.05, 3.63) is 42.1 Å². The Hall–Kier alpha value is -3.17. The number of hydrogen-bond acceptors (Lipinski definition) is 2. The van der Waals surface area contributed by atoms with Crippen LogP contribution in [0.1, 0.15) is 33.4 Å². The van der Waals surface area contributed by atoms with Crippen LogP contribution in [0.2, 0.25) is 0 Å². The van der Waals surface area contributed by atoms with Crippen molar-refractivity contribution >= 4 is 10.9 Å². The average molecular weight is 314 g/mol. The molecule has 0 saturated heterocycles. The van der Waals surface area contributed by atoms with Crippen LogP contribution in [-0.4, -0.2) is 4.98 Å². The third kappa shape index (κ3) is 7.20. The van der Waals surface area contributed by atoms with Crippen LogP contribution in [0.15, 0.2) is 36.4 Å². The highest BCUT2D eigenvalue weighted by atomic mass is 14.7. The summed E-state index contributed by atoms with van der Waals surface area (Å²) >= 11 is 0. The Kier molecular flexibility index (Phi) is 9.15. The molecule has 1 aromatic heterocycles. The minimum absolute atomic E-state index is 0. The van der Waals surface area contributed by atoms with E-state index < -0.39 is 0 Å². The molecule has 0 fully saturated rings. The zero-order valence-corrected chi connectivity index (χ0v) is 14.7. The lowest BCUT2D eigenvalue weighted by Gasteiger charge is -2.17. The normalized spacial score (nSPS) is 8.29. The van der Waals surface area contributed by atoms with Crippen LogP contribution in [0.3, 0.4) is 0 Å². The van der Waals surface area contributed by atoms with Crippen molar-refractivity contribution in [1.29, 1.82) is 0 Å². The summed E-state index contributed by atoms with van der Waals surface area (Å²) in [4.78, 5) is 4.65. The van der Waals surface area contributed by atoms with Crippen molar-refractivity contribution < 1.29 is 0 Å². The summed E-state index contributed by atoms with van der Waals surface area (Å²) in [7, 11) is 0. The molecule has 0 bridgehead atoms. The Bertz CT molecular complexity index is 890. The van der Waals surface area contributed by atoms with Gasteiger partial charge in [0.2, 0.25) is 0 Å². The molecular formula is C22H22N2. The number of benzene rings is 1. The minimum atomic E-state index is 0. The summed E-state index contributed by atoms with van der Waals surface area (Å²) in [5, 5.41) is 1.21. The lowest BCUT2D eigenvalue weighted by atomic mass is 9.91.